The summed E-state index contributed by atoms with van der Waals surface area (Å²) in [6.45, 7) is 8.76. The molecular weight excluding hydrogens is 296 g/mol. The van der Waals surface area contributed by atoms with Gasteiger partial charge in [0.05, 0.1) is 12.7 Å². The Bertz CT molecular complexity index is 562. The summed E-state index contributed by atoms with van der Waals surface area (Å²) in [7, 11) is 0. The van der Waals surface area contributed by atoms with Crippen LogP contribution in [-0.2, 0) is 4.74 Å². The zero-order valence-electron chi connectivity index (χ0n) is 13.7. The van der Waals surface area contributed by atoms with Gasteiger partial charge < -0.3 is 19.5 Å². The average Bonchev–Trinajstić information content (AvgIpc) is 3.00. The van der Waals surface area contributed by atoms with Gasteiger partial charge in [-0.25, -0.2) is 0 Å². The van der Waals surface area contributed by atoms with Gasteiger partial charge in [0.15, 0.2) is 11.5 Å². The number of benzene rings is 1. The molecule has 0 spiro atoms. The van der Waals surface area contributed by atoms with E-state index < -0.39 is 0 Å². The number of rotatable bonds is 5. The molecule has 1 aromatic rings. The summed E-state index contributed by atoms with van der Waals surface area (Å²) < 4.78 is 16.3. The lowest BCUT2D eigenvalue weighted by Gasteiger charge is -2.33. The molecule has 1 aromatic carbocycles. The maximum absolute atomic E-state index is 12.3. The summed E-state index contributed by atoms with van der Waals surface area (Å²) in [6.07, 6.45) is 0.0421. The van der Waals surface area contributed by atoms with Gasteiger partial charge in [-0.05, 0) is 24.1 Å². The maximum atomic E-state index is 12.3. The average molecular weight is 320 g/mol. The van der Waals surface area contributed by atoms with Crippen molar-refractivity contribution in [2.45, 2.75) is 20.0 Å². The SMILES string of the molecule is CC(C)CN1CCO[C@H](CNC(=O)c2ccc3c(c2)OCO3)C1. The number of nitrogens with one attached hydrogen (secondary N) is 1. The van der Waals surface area contributed by atoms with Crippen LogP contribution >= 0.6 is 0 Å². The molecule has 2 aliphatic rings. The molecule has 1 atom stereocenters. The number of hydrogen-bond donors (Lipinski definition) is 1. The number of carbonyl (C=O) groups excluding carboxylic acids is 1. The predicted molar refractivity (Wildman–Crippen MR) is 85.9 cm³/mol. The fourth-order valence-electron chi connectivity index (χ4n) is 2.93. The van der Waals surface area contributed by atoms with E-state index in [1.165, 1.54) is 0 Å². The molecule has 0 aromatic heterocycles. The fourth-order valence-corrected chi connectivity index (χ4v) is 2.93. The van der Waals surface area contributed by atoms with Crippen LogP contribution in [0.25, 0.3) is 0 Å². The Morgan fingerprint density at radius 1 is 1.35 bits per heavy atom. The van der Waals surface area contributed by atoms with Crippen molar-refractivity contribution in [3.05, 3.63) is 23.8 Å². The lowest BCUT2D eigenvalue weighted by molar-refractivity contribution is -0.0295. The quantitative estimate of drug-likeness (QED) is 0.891. The van der Waals surface area contributed by atoms with Crippen LogP contribution in [-0.4, -0.2) is 56.5 Å². The first-order valence-electron chi connectivity index (χ1n) is 8.13. The molecule has 2 heterocycles. The highest BCUT2D eigenvalue weighted by molar-refractivity contribution is 5.94. The number of fused-ring (bicyclic) bond motifs is 1. The van der Waals surface area contributed by atoms with Crippen LogP contribution in [0.5, 0.6) is 11.5 Å². The highest BCUT2D eigenvalue weighted by Crippen LogP contribution is 2.32. The largest absolute Gasteiger partial charge is 0.454 e. The second-order valence-electron chi connectivity index (χ2n) is 6.42. The Labute approximate surface area is 136 Å². The van der Waals surface area contributed by atoms with E-state index in [9.17, 15) is 4.79 Å². The highest BCUT2D eigenvalue weighted by Gasteiger charge is 2.22. The lowest BCUT2D eigenvalue weighted by Crippen LogP contribution is -2.48. The summed E-state index contributed by atoms with van der Waals surface area (Å²) in [5.74, 6) is 1.82. The van der Waals surface area contributed by atoms with Gasteiger partial charge in [0.1, 0.15) is 0 Å². The van der Waals surface area contributed by atoms with Gasteiger partial charge in [-0.3, -0.25) is 9.69 Å². The first-order valence-corrected chi connectivity index (χ1v) is 8.13. The lowest BCUT2D eigenvalue weighted by atomic mass is 10.1. The van der Waals surface area contributed by atoms with Gasteiger partial charge >= 0.3 is 0 Å². The molecule has 0 unspecified atom stereocenters. The number of hydrogen-bond acceptors (Lipinski definition) is 5. The summed E-state index contributed by atoms with van der Waals surface area (Å²) >= 11 is 0. The van der Waals surface area contributed by atoms with Crippen molar-refractivity contribution in [1.29, 1.82) is 0 Å². The first kappa shape index (κ1) is 16.1. The highest BCUT2D eigenvalue weighted by atomic mass is 16.7. The Balaban J connectivity index is 1.50. The third kappa shape index (κ3) is 4.14. The fraction of sp³-hybridized carbons (Fsp3) is 0.588. The van der Waals surface area contributed by atoms with Gasteiger partial charge in [-0.1, -0.05) is 13.8 Å². The minimum absolute atomic E-state index is 0.0421. The van der Waals surface area contributed by atoms with Crippen molar-refractivity contribution in [1.82, 2.24) is 10.2 Å². The van der Waals surface area contributed by atoms with Crippen molar-refractivity contribution in [2.75, 3.05) is 39.6 Å². The Kier molecular flexibility index (Phi) is 5.03. The zero-order valence-corrected chi connectivity index (χ0v) is 13.7. The molecule has 23 heavy (non-hydrogen) atoms. The Morgan fingerprint density at radius 2 is 2.17 bits per heavy atom. The second kappa shape index (κ2) is 7.19. The summed E-state index contributed by atoms with van der Waals surface area (Å²) in [5.41, 5.74) is 0.573. The van der Waals surface area contributed by atoms with Gasteiger partial charge in [-0.2, -0.15) is 0 Å². The topological polar surface area (TPSA) is 60.0 Å². The minimum Gasteiger partial charge on any atom is -0.454 e. The van der Waals surface area contributed by atoms with E-state index >= 15 is 0 Å². The maximum Gasteiger partial charge on any atom is 0.251 e. The van der Waals surface area contributed by atoms with E-state index in [1.54, 1.807) is 18.2 Å². The minimum atomic E-state index is -0.118. The number of ether oxygens (including phenoxy) is 3. The molecule has 2 aliphatic heterocycles. The number of amides is 1. The second-order valence-corrected chi connectivity index (χ2v) is 6.42. The standard InChI is InChI=1S/C17H24N2O4/c1-12(2)9-19-5-6-21-14(10-19)8-18-17(20)13-3-4-15-16(7-13)23-11-22-15/h3-4,7,12,14H,5-6,8-11H2,1-2H3,(H,18,20)/t14-/m1/s1. The first-order chi connectivity index (χ1) is 11.1. The molecule has 1 fully saturated rings. The zero-order chi connectivity index (χ0) is 16.2. The molecule has 0 aliphatic carbocycles. The van der Waals surface area contributed by atoms with Gasteiger partial charge in [0, 0.05) is 31.7 Å². The van der Waals surface area contributed by atoms with Gasteiger partial charge in [-0.15, -0.1) is 0 Å². The van der Waals surface area contributed by atoms with Crippen LogP contribution in [0.15, 0.2) is 18.2 Å². The molecule has 126 valence electrons. The molecule has 1 amide bonds. The Hall–Kier alpha value is -1.79. The number of carbonyl (C=O) groups is 1. The van der Waals surface area contributed by atoms with E-state index in [-0.39, 0.29) is 18.8 Å². The summed E-state index contributed by atoms with van der Waals surface area (Å²) in [6, 6.07) is 5.22. The smallest absolute Gasteiger partial charge is 0.251 e. The number of nitrogens with zero attached hydrogens (tertiary/aromatic N) is 1. The van der Waals surface area contributed by atoms with Crippen LogP contribution in [0, 0.1) is 5.92 Å². The van der Waals surface area contributed by atoms with E-state index in [1.807, 2.05) is 0 Å². The van der Waals surface area contributed by atoms with Crippen molar-refractivity contribution < 1.29 is 19.0 Å². The molecule has 6 heteroatoms. The molecule has 0 radical (unpaired) electrons. The van der Waals surface area contributed by atoms with E-state index in [0.717, 1.165) is 26.2 Å². The molecule has 1 saturated heterocycles. The molecule has 6 nitrogen and oxygen atoms in total. The molecule has 0 bridgehead atoms. The summed E-state index contributed by atoms with van der Waals surface area (Å²) in [5, 5.41) is 2.95. The van der Waals surface area contributed by atoms with Gasteiger partial charge in [0.2, 0.25) is 6.79 Å². The Morgan fingerprint density at radius 3 is 3.00 bits per heavy atom. The monoisotopic (exact) mass is 320 g/mol. The van der Waals surface area contributed by atoms with Crippen molar-refractivity contribution in [3.8, 4) is 11.5 Å². The van der Waals surface area contributed by atoms with Gasteiger partial charge in [0.25, 0.3) is 5.91 Å². The summed E-state index contributed by atoms with van der Waals surface area (Å²) in [4.78, 5) is 14.7. The van der Waals surface area contributed by atoms with E-state index in [4.69, 9.17) is 14.2 Å². The number of morpholine rings is 1. The van der Waals surface area contributed by atoms with E-state index in [2.05, 4.69) is 24.1 Å². The van der Waals surface area contributed by atoms with Crippen molar-refractivity contribution >= 4 is 5.91 Å². The normalized spacial score (nSPS) is 20.7. The van der Waals surface area contributed by atoms with Crippen LogP contribution in [0.3, 0.4) is 0 Å². The predicted octanol–water partition coefficient (Wildman–Crippen LogP) is 1.50. The van der Waals surface area contributed by atoms with E-state index in [0.29, 0.717) is 29.5 Å². The van der Waals surface area contributed by atoms with Crippen LogP contribution in [0.4, 0.5) is 0 Å². The molecule has 0 saturated carbocycles. The third-order valence-electron chi connectivity index (χ3n) is 3.97. The van der Waals surface area contributed by atoms with Crippen LogP contribution < -0.4 is 14.8 Å². The molecule has 3 rings (SSSR count). The molecular formula is C17H24N2O4. The van der Waals surface area contributed by atoms with Crippen molar-refractivity contribution in [2.24, 2.45) is 5.92 Å². The van der Waals surface area contributed by atoms with Crippen molar-refractivity contribution in [3.63, 3.8) is 0 Å². The van der Waals surface area contributed by atoms with Crippen LogP contribution in [0.1, 0.15) is 24.2 Å². The molecule has 1 N–H and O–H groups in total. The third-order valence-corrected chi connectivity index (χ3v) is 3.97. The van der Waals surface area contributed by atoms with Crippen LogP contribution in [0.2, 0.25) is 0 Å².